The van der Waals surface area contributed by atoms with Crippen molar-refractivity contribution in [1.29, 1.82) is 0 Å². The molecule has 0 unspecified atom stereocenters. The van der Waals surface area contributed by atoms with Gasteiger partial charge >= 0.3 is 0 Å². The van der Waals surface area contributed by atoms with Gasteiger partial charge in [0.1, 0.15) is 9.88 Å². The van der Waals surface area contributed by atoms with Crippen molar-refractivity contribution in [2.45, 2.75) is 11.3 Å². The van der Waals surface area contributed by atoms with Crippen molar-refractivity contribution in [2.75, 3.05) is 6.54 Å². The smallest absolute Gasteiger partial charge is 0.242 e. The Labute approximate surface area is 128 Å². The van der Waals surface area contributed by atoms with Gasteiger partial charge in [-0.3, -0.25) is 9.97 Å². The van der Waals surface area contributed by atoms with Crippen LogP contribution in [-0.4, -0.2) is 29.9 Å². The summed E-state index contributed by atoms with van der Waals surface area (Å²) in [6.45, 7) is 0.283. The van der Waals surface area contributed by atoms with Crippen molar-refractivity contribution in [3.8, 4) is 0 Å². The molecule has 0 fully saturated rings. The lowest BCUT2D eigenvalue weighted by Crippen LogP contribution is -2.26. The lowest BCUT2D eigenvalue weighted by molar-refractivity contribution is 0.581. The lowest BCUT2D eigenvalue weighted by Gasteiger charge is -2.07. The fraction of sp³-hybridized carbons (Fsp3) is 0.154. The number of aromatic nitrogens is 2. The molecule has 6 nitrogen and oxygen atoms in total. The number of sulfonamides is 1. The molecule has 2 rings (SSSR count). The van der Waals surface area contributed by atoms with E-state index in [-0.39, 0.29) is 16.4 Å². The Morgan fingerprint density at radius 3 is 2.67 bits per heavy atom. The van der Waals surface area contributed by atoms with Gasteiger partial charge in [0.15, 0.2) is 0 Å². The molecule has 2 heterocycles. The Morgan fingerprint density at radius 1 is 1.29 bits per heavy atom. The summed E-state index contributed by atoms with van der Waals surface area (Å²) in [7, 11) is -3.59. The SMILES string of the molecule is NC(=S)c1ccc(S(=O)(=O)NCCc2cccnc2)cn1. The number of nitrogens with one attached hydrogen (secondary N) is 1. The number of pyridine rings is 2. The summed E-state index contributed by atoms with van der Waals surface area (Å²) >= 11 is 4.77. The van der Waals surface area contributed by atoms with Crippen LogP contribution in [0.1, 0.15) is 11.3 Å². The molecule has 0 radical (unpaired) electrons. The Kier molecular flexibility index (Phi) is 4.94. The van der Waals surface area contributed by atoms with Crippen molar-refractivity contribution in [2.24, 2.45) is 5.73 Å². The molecular formula is C13H14N4O2S2. The summed E-state index contributed by atoms with van der Waals surface area (Å²) in [6, 6.07) is 6.61. The minimum Gasteiger partial charge on any atom is -0.388 e. The quantitative estimate of drug-likeness (QED) is 0.757. The largest absolute Gasteiger partial charge is 0.388 e. The molecule has 0 saturated heterocycles. The Bertz CT molecular complexity index is 716. The Hall–Kier alpha value is -1.90. The van der Waals surface area contributed by atoms with E-state index in [2.05, 4.69) is 14.7 Å². The van der Waals surface area contributed by atoms with Crippen LogP contribution in [0.5, 0.6) is 0 Å². The third-order valence-corrected chi connectivity index (χ3v) is 4.38. The van der Waals surface area contributed by atoms with E-state index in [4.69, 9.17) is 18.0 Å². The van der Waals surface area contributed by atoms with E-state index < -0.39 is 10.0 Å². The van der Waals surface area contributed by atoms with Crippen molar-refractivity contribution >= 4 is 27.2 Å². The molecule has 3 N–H and O–H groups in total. The highest BCUT2D eigenvalue weighted by Gasteiger charge is 2.14. The summed E-state index contributed by atoms with van der Waals surface area (Å²) in [6.07, 6.45) is 5.17. The van der Waals surface area contributed by atoms with Gasteiger partial charge in [-0.1, -0.05) is 18.3 Å². The zero-order chi connectivity index (χ0) is 15.3. The second-order valence-corrected chi connectivity index (χ2v) is 6.46. The molecule has 0 saturated carbocycles. The standard InChI is InChI=1S/C13H14N4O2S2/c14-13(20)12-4-3-11(9-16-12)21(18,19)17-7-5-10-2-1-6-15-8-10/h1-4,6,8-9,17H,5,7H2,(H2,14,20). The molecule has 0 aliphatic heterocycles. The maximum atomic E-state index is 12.1. The molecule has 0 atom stereocenters. The molecule has 0 amide bonds. The van der Waals surface area contributed by atoms with E-state index in [0.29, 0.717) is 12.1 Å². The third kappa shape index (κ3) is 4.28. The van der Waals surface area contributed by atoms with Crippen LogP contribution >= 0.6 is 12.2 Å². The van der Waals surface area contributed by atoms with Crippen molar-refractivity contribution < 1.29 is 8.42 Å². The molecule has 0 bridgehead atoms. The van der Waals surface area contributed by atoms with Gasteiger partial charge in [0.25, 0.3) is 0 Å². The first kappa shape index (κ1) is 15.5. The van der Waals surface area contributed by atoms with Gasteiger partial charge in [-0.05, 0) is 30.2 Å². The molecule has 0 aromatic carbocycles. The van der Waals surface area contributed by atoms with Crippen molar-refractivity contribution in [3.05, 3.63) is 54.1 Å². The first-order valence-corrected chi connectivity index (χ1v) is 8.02. The fourth-order valence-electron chi connectivity index (χ4n) is 1.64. The predicted octanol–water partition coefficient (Wildman–Crippen LogP) is 0.632. The molecular weight excluding hydrogens is 308 g/mol. The van der Waals surface area contributed by atoms with E-state index in [1.807, 2.05) is 12.1 Å². The van der Waals surface area contributed by atoms with Crippen LogP contribution < -0.4 is 10.5 Å². The van der Waals surface area contributed by atoms with E-state index in [1.165, 1.54) is 18.3 Å². The van der Waals surface area contributed by atoms with E-state index >= 15 is 0 Å². The molecule has 8 heteroatoms. The highest BCUT2D eigenvalue weighted by molar-refractivity contribution is 7.89. The van der Waals surface area contributed by atoms with Crippen molar-refractivity contribution in [1.82, 2.24) is 14.7 Å². The fourth-order valence-corrected chi connectivity index (χ4v) is 2.74. The van der Waals surface area contributed by atoms with Gasteiger partial charge in [0, 0.05) is 25.1 Å². The number of nitrogens with zero attached hydrogens (tertiary/aromatic N) is 2. The second kappa shape index (κ2) is 6.70. The summed E-state index contributed by atoms with van der Waals surface area (Å²) in [5.41, 5.74) is 6.76. The number of nitrogens with two attached hydrogens (primary N) is 1. The van der Waals surface area contributed by atoms with Crippen LogP contribution in [0.15, 0.2) is 47.8 Å². The van der Waals surface area contributed by atoms with E-state index in [0.717, 1.165) is 5.56 Å². The molecule has 0 spiro atoms. The summed E-state index contributed by atoms with van der Waals surface area (Å²) < 4.78 is 26.7. The average molecular weight is 322 g/mol. The van der Waals surface area contributed by atoms with Gasteiger partial charge in [-0.2, -0.15) is 0 Å². The van der Waals surface area contributed by atoms with Crippen LogP contribution in [0, 0.1) is 0 Å². The molecule has 21 heavy (non-hydrogen) atoms. The van der Waals surface area contributed by atoms with Crippen LogP contribution in [-0.2, 0) is 16.4 Å². The normalized spacial score (nSPS) is 11.2. The van der Waals surface area contributed by atoms with Crippen LogP contribution in [0.2, 0.25) is 0 Å². The van der Waals surface area contributed by atoms with Crippen LogP contribution in [0.25, 0.3) is 0 Å². The zero-order valence-electron chi connectivity index (χ0n) is 11.1. The van der Waals surface area contributed by atoms with Crippen LogP contribution in [0.4, 0.5) is 0 Å². The van der Waals surface area contributed by atoms with Gasteiger partial charge in [-0.25, -0.2) is 13.1 Å². The monoisotopic (exact) mass is 322 g/mol. The highest BCUT2D eigenvalue weighted by Crippen LogP contribution is 2.08. The summed E-state index contributed by atoms with van der Waals surface area (Å²) in [4.78, 5) is 8.09. The van der Waals surface area contributed by atoms with Crippen LogP contribution in [0.3, 0.4) is 0 Å². The lowest BCUT2D eigenvalue weighted by atomic mass is 10.2. The number of hydrogen-bond acceptors (Lipinski definition) is 5. The first-order chi connectivity index (χ1) is 9.99. The van der Waals surface area contributed by atoms with Crippen molar-refractivity contribution in [3.63, 3.8) is 0 Å². The molecule has 110 valence electrons. The predicted molar refractivity (Wildman–Crippen MR) is 83.3 cm³/mol. The van der Waals surface area contributed by atoms with Gasteiger partial charge in [0.2, 0.25) is 10.0 Å². The van der Waals surface area contributed by atoms with E-state index in [1.54, 1.807) is 12.4 Å². The summed E-state index contributed by atoms with van der Waals surface area (Å²) in [5, 5.41) is 0. The second-order valence-electron chi connectivity index (χ2n) is 4.25. The third-order valence-electron chi connectivity index (χ3n) is 2.73. The minimum absolute atomic E-state index is 0.0775. The Balaban J connectivity index is 2.00. The number of rotatable bonds is 6. The highest BCUT2D eigenvalue weighted by atomic mass is 32.2. The molecule has 0 aliphatic rings. The zero-order valence-corrected chi connectivity index (χ0v) is 12.7. The van der Waals surface area contributed by atoms with E-state index in [9.17, 15) is 8.42 Å². The maximum Gasteiger partial charge on any atom is 0.242 e. The Morgan fingerprint density at radius 2 is 2.10 bits per heavy atom. The maximum absolute atomic E-state index is 12.1. The molecule has 2 aromatic rings. The van der Waals surface area contributed by atoms with Gasteiger partial charge in [-0.15, -0.1) is 0 Å². The summed E-state index contributed by atoms with van der Waals surface area (Å²) in [5.74, 6) is 0. The number of thiocarbonyl (C=S) groups is 1. The minimum atomic E-state index is -3.59. The van der Waals surface area contributed by atoms with Gasteiger partial charge < -0.3 is 5.73 Å². The van der Waals surface area contributed by atoms with Gasteiger partial charge in [0.05, 0.1) is 5.69 Å². The first-order valence-electron chi connectivity index (χ1n) is 6.13. The molecule has 0 aliphatic carbocycles. The number of hydrogen-bond donors (Lipinski definition) is 2. The molecule has 2 aromatic heterocycles. The average Bonchev–Trinajstić information content (AvgIpc) is 2.48. The topological polar surface area (TPSA) is 98.0 Å².